The van der Waals surface area contributed by atoms with E-state index in [1.165, 1.54) is 10.9 Å². The van der Waals surface area contributed by atoms with Gasteiger partial charge in [0.1, 0.15) is 16.8 Å². The summed E-state index contributed by atoms with van der Waals surface area (Å²) in [4.78, 5) is 21.9. The van der Waals surface area contributed by atoms with Crippen LogP contribution in [0, 0.1) is 10.1 Å². The maximum atomic E-state index is 11.5. The Morgan fingerprint density at radius 3 is 2.84 bits per heavy atom. The van der Waals surface area contributed by atoms with Crippen LogP contribution < -0.4 is 10.1 Å². The number of hydrogen-bond acceptors (Lipinski definition) is 6. The highest BCUT2D eigenvalue weighted by Crippen LogP contribution is 2.28. The van der Waals surface area contributed by atoms with Crippen molar-refractivity contribution in [2.75, 3.05) is 25.6 Å². The summed E-state index contributed by atoms with van der Waals surface area (Å²) in [6.45, 7) is 4.09. The third kappa shape index (κ3) is 4.88. The molecule has 0 spiro atoms. The normalized spacial score (nSPS) is 10.3. The van der Waals surface area contributed by atoms with Gasteiger partial charge >= 0.3 is 5.82 Å². The molecule has 1 N–H and O–H groups in total. The molecule has 0 atom stereocenters. The SMILES string of the molecule is C=CC(=O)Nc1cc(OCCOC)cc(-n2cc(Br)c([N+](=O)[O-])n2)c1. The summed E-state index contributed by atoms with van der Waals surface area (Å²) in [6.07, 6.45) is 2.58. The number of anilines is 1. The Labute approximate surface area is 151 Å². The molecule has 1 aromatic heterocycles. The van der Waals surface area contributed by atoms with Crippen LogP contribution in [0.25, 0.3) is 5.69 Å². The lowest BCUT2D eigenvalue weighted by Gasteiger charge is -2.10. The highest BCUT2D eigenvalue weighted by Gasteiger charge is 2.20. The van der Waals surface area contributed by atoms with E-state index >= 15 is 0 Å². The molecular weight excluding hydrogens is 396 g/mol. The summed E-state index contributed by atoms with van der Waals surface area (Å²) in [5, 5.41) is 17.5. The largest absolute Gasteiger partial charge is 0.491 e. The first-order valence-electron chi connectivity index (χ1n) is 7.04. The fraction of sp³-hybridized carbons (Fsp3) is 0.200. The molecule has 0 aliphatic rings. The zero-order valence-electron chi connectivity index (χ0n) is 13.3. The maximum Gasteiger partial charge on any atom is 0.404 e. The Morgan fingerprint density at radius 1 is 1.48 bits per heavy atom. The number of halogens is 1. The van der Waals surface area contributed by atoms with Gasteiger partial charge in [0.15, 0.2) is 0 Å². The number of amides is 1. The van der Waals surface area contributed by atoms with Crippen molar-refractivity contribution in [3.8, 4) is 11.4 Å². The van der Waals surface area contributed by atoms with Crippen molar-refractivity contribution in [3.63, 3.8) is 0 Å². The van der Waals surface area contributed by atoms with Gasteiger partial charge < -0.3 is 24.9 Å². The van der Waals surface area contributed by atoms with E-state index < -0.39 is 10.8 Å². The van der Waals surface area contributed by atoms with Crippen LogP contribution >= 0.6 is 15.9 Å². The second kappa shape index (κ2) is 8.40. The van der Waals surface area contributed by atoms with Gasteiger partial charge in [-0.05, 0) is 33.0 Å². The molecule has 0 radical (unpaired) electrons. The number of ether oxygens (including phenoxy) is 2. The third-order valence-electron chi connectivity index (χ3n) is 2.99. The Hall–Kier alpha value is -2.72. The fourth-order valence-corrected chi connectivity index (χ4v) is 2.33. The smallest absolute Gasteiger partial charge is 0.404 e. The number of hydrogen-bond donors (Lipinski definition) is 1. The minimum Gasteiger partial charge on any atom is -0.491 e. The summed E-state index contributed by atoms with van der Waals surface area (Å²) in [7, 11) is 1.55. The average Bonchev–Trinajstić information content (AvgIpc) is 2.97. The van der Waals surface area contributed by atoms with Gasteiger partial charge in [0.25, 0.3) is 0 Å². The van der Waals surface area contributed by atoms with Crippen LogP contribution in [0.1, 0.15) is 0 Å². The van der Waals surface area contributed by atoms with Crippen LogP contribution in [0.15, 0.2) is 41.5 Å². The lowest BCUT2D eigenvalue weighted by atomic mass is 10.2. The number of nitrogens with one attached hydrogen (secondary N) is 1. The molecule has 25 heavy (non-hydrogen) atoms. The molecule has 2 rings (SSSR count). The van der Waals surface area contributed by atoms with Crippen LogP contribution in [0.2, 0.25) is 0 Å². The van der Waals surface area contributed by atoms with Gasteiger partial charge in [-0.2, -0.15) is 0 Å². The summed E-state index contributed by atoms with van der Waals surface area (Å²) < 4.78 is 12.0. The molecule has 1 amide bonds. The Kier molecular flexibility index (Phi) is 6.25. The van der Waals surface area contributed by atoms with E-state index in [-0.39, 0.29) is 10.3 Å². The predicted molar refractivity (Wildman–Crippen MR) is 94.1 cm³/mol. The van der Waals surface area contributed by atoms with Crippen molar-refractivity contribution in [1.29, 1.82) is 0 Å². The van der Waals surface area contributed by atoms with Gasteiger partial charge in [-0.15, -0.1) is 4.68 Å². The molecule has 10 heteroatoms. The van der Waals surface area contributed by atoms with Crippen molar-refractivity contribution in [1.82, 2.24) is 9.78 Å². The fourth-order valence-electron chi connectivity index (χ4n) is 1.91. The first-order valence-corrected chi connectivity index (χ1v) is 7.84. The van der Waals surface area contributed by atoms with Crippen molar-refractivity contribution in [2.45, 2.75) is 0 Å². The monoisotopic (exact) mass is 410 g/mol. The molecule has 0 aliphatic carbocycles. The quantitative estimate of drug-likeness (QED) is 0.310. The Balaban J connectivity index is 2.40. The van der Waals surface area contributed by atoms with Crippen LogP contribution in [0.5, 0.6) is 5.75 Å². The van der Waals surface area contributed by atoms with Gasteiger partial charge in [0, 0.05) is 24.9 Å². The predicted octanol–water partition coefficient (Wildman–Crippen LogP) is 2.69. The maximum absolute atomic E-state index is 11.5. The third-order valence-corrected chi connectivity index (χ3v) is 3.55. The molecule has 0 aliphatic heterocycles. The van der Waals surface area contributed by atoms with E-state index in [1.54, 1.807) is 25.3 Å². The van der Waals surface area contributed by atoms with E-state index in [0.29, 0.717) is 30.3 Å². The van der Waals surface area contributed by atoms with Crippen molar-refractivity contribution in [3.05, 3.63) is 51.6 Å². The van der Waals surface area contributed by atoms with E-state index in [2.05, 4.69) is 32.9 Å². The lowest BCUT2D eigenvalue weighted by Crippen LogP contribution is -2.09. The van der Waals surface area contributed by atoms with Gasteiger partial charge in [-0.25, -0.2) is 0 Å². The lowest BCUT2D eigenvalue weighted by molar-refractivity contribution is -0.390. The number of rotatable bonds is 8. The second-order valence-corrected chi connectivity index (χ2v) is 5.61. The Bertz CT molecular complexity index is 805. The standard InChI is InChI=1S/C15H15BrN4O5/c1-3-14(21)17-10-6-11(8-12(7-10)25-5-4-24-2)19-9-13(16)15(18-19)20(22)23/h3,6-9H,1,4-5H2,2H3,(H,17,21). The number of nitrogens with zero attached hydrogens (tertiary/aromatic N) is 3. The summed E-state index contributed by atoms with van der Waals surface area (Å²) in [5.74, 6) is -0.266. The minimum absolute atomic E-state index is 0.236. The van der Waals surface area contributed by atoms with E-state index in [9.17, 15) is 14.9 Å². The van der Waals surface area contributed by atoms with Gasteiger partial charge in [-0.1, -0.05) is 6.58 Å². The molecule has 1 heterocycles. The zero-order chi connectivity index (χ0) is 18.4. The molecule has 0 unspecified atom stereocenters. The van der Waals surface area contributed by atoms with Crippen molar-refractivity contribution >= 4 is 33.3 Å². The molecule has 9 nitrogen and oxygen atoms in total. The summed E-state index contributed by atoms with van der Waals surface area (Å²) in [5.41, 5.74) is 0.909. The number of benzene rings is 1. The van der Waals surface area contributed by atoms with Crippen LogP contribution in [0.4, 0.5) is 11.5 Å². The van der Waals surface area contributed by atoms with E-state index in [1.807, 2.05) is 0 Å². The highest BCUT2D eigenvalue weighted by molar-refractivity contribution is 9.10. The van der Waals surface area contributed by atoms with Crippen LogP contribution in [-0.4, -0.2) is 40.9 Å². The molecule has 1 aromatic carbocycles. The highest BCUT2D eigenvalue weighted by atomic mass is 79.9. The zero-order valence-corrected chi connectivity index (χ0v) is 14.9. The number of aromatic nitrogens is 2. The first-order chi connectivity index (χ1) is 11.9. The molecule has 132 valence electrons. The molecule has 2 aromatic rings. The van der Waals surface area contributed by atoms with Gasteiger partial charge in [0.05, 0.1) is 23.6 Å². The van der Waals surface area contributed by atoms with E-state index in [4.69, 9.17) is 9.47 Å². The first kappa shape index (κ1) is 18.6. The summed E-state index contributed by atoms with van der Waals surface area (Å²) in [6, 6.07) is 4.86. The number of carbonyl (C=O) groups excluding carboxylic acids is 1. The molecule has 0 bridgehead atoms. The van der Waals surface area contributed by atoms with Crippen molar-refractivity contribution in [2.24, 2.45) is 0 Å². The van der Waals surface area contributed by atoms with Gasteiger partial charge in [-0.3, -0.25) is 4.79 Å². The van der Waals surface area contributed by atoms with Gasteiger partial charge in [0.2, 0.25) is 5.91 Å². The topological polar surface area (TPSA) is 109 Å². The minimum atomic E-state index is -0.597. The number of nitro groups is 1. The van der Waals surface area contributed by atoms with Crippen LogP contribution in [0.3, 0.4) is 0 Å². The van der Waals surface area contributed by atoms with Crippen LogP contribution in [-0.2, 0) is 9.53 Å². The number of carbonyl (C=O) groups is 1. The molecule has 0 saturated heterocycles. The molecular formula is C15H15BrN4O5. The average molecular weight is 411 g/mol. The Morgan fingerprint density at radius 2 is 2.24 bits per heavy atom. The van der Waals surface area contributed by atoms with Crippen molar-refractivity contribution < 1.29 is 19.2 Å². The second-order valence-electron chi connectivity index (χ2n) is 4.75. The number of methoxy groups -OCH3 is 1. The molecule has 0 saturated carbocycles. The molecule has 0 fully saturated rings. The van der Waals surface area contributed by atoms with E-state index in [0.717, 1.165) is 6.08 Å². The summed E-state index contributed by atoms with van der Waals surface area (Å²) >= 11 is 3.10.